The number of rotatable bonds is 7. The molecule has 0 heterocycles. The molecule has 0 aliphatic carbocycles. The molecule has 3 N–H and O–H groups in total. The summed E-state index contributed by atoms with van der Waals surface area (Å²) < 4.78 is 10.9. The molecule has 0 aliphatic rings. The highest BCUT2D eigenvalue weighted by molar-refractivity contribution is 4.83. The molecule has 4 heteroatoms. The van der Waals surface area contributed by atoms with Crippen LogP contribution in [-0.2, 0) is 9.47 Å². The molecule has 0 saturated carbocycles. The van der Waals surface area contributed by atoms with Crippen LogP contribution in [0.3, 0.4) is 0 Å². The normalized spacial score (nSPS) is 14.5. The van der Waals surface area contributed by atoms with Gasteiger partial charge in [-0.05, 0) is 27.7 Å². The van der Waals surface area contributed by atoms with Crippen LogP contribution >= 0.6 is 0 Å². The van der Waals surface area contributed by atoms with Crippen LogP contribution < -0.4 is 11.3 Å². The van der Waals surface area contributed by atoms with Gasteiger partial charge in [0.15, 0.2) is 0 Å². The number of nitrogens with two attached hydrogens (primary N) is 1. The summed E-state index contributed by atoms with van der Waals surface area (Å²) in [4.78, 5) is 0. The predicted molar refractivity (Wildman–Crippen MR) is 53.3 cm³/mol. The maximum Gasteiger partial charge on any atom is 0.0814 e. The van der Waals surface area contributed by atoms with Gasteiger partial charge in [0.2, 0.25) is 0 Å². The molecular weight excluding hydrogens is 168 g/mol. The van der Waals surface area contributed by atoms with Gasteiger partial charge in [0.05, 0.1) is 18.2 Å². The van der Waals surface area contributed by atoms with Crippen LogP contribution in [0.5, 0.6) is 0 Å². The average Bonchev–Trinajstić information content (AvgIpc) is 2.05. The zero-order valence-corrected chi connectivity index (χ0v) is 9.09. The summed E-state index contributed by atoms with van der Waals surface area (Å²) in [6.45, 7) is 9.87. The van der Waals surface area contributed by atoms with E-state index in [1.54, 1.807) is 0 Å². The molecule has 0 aromatic heterocycles. The van der Waals surface area contributed by atoms with Gasteiger partial charge in [-0.15, -0.1) is 0 Å². The molecule has 0 aromatic carbocycles. The fraction of sp³-hybridized carbons (Fsp3) is 1.00. The molecule has 0 radical (unpaired) electrons. The van der Waals surface area contributed by atoms with Gasteiger partial charge in [-0.3, -0.25) is 11.3 Å². The lowest BCUT2D eigenvalue weighted by Gasteiger charge is -2.33. The first kappa shape index (κ1) is 12.8. The Kier molecular flexibility index (Phi) is 6.24. The van der Waals surface area contributed by atoms with Gasteiger partial charge in [0.25, 0.3) is 0 Å². The molecule has 0 fully saturated rings. The average molecular weight is 190 g/mol. The van der Waals surface area contributed by atoms with Crippen molar-refractivity contribution in [3.8, 4) is 0 Å². The molecule has 0 aliphatic heterocycles. The van der Waals surface area contributed by atoms with E-state index in [0.29, 0.717) is 19.8 Å². The largest absolute Gasteiger partial charge is 0.380 e. The summed E-state index contributed by atoms with van der Waals surface area (Å²) in [5, 5.41) is 0. The number of hydrogen-bond donors (Lipinski definition) is 2. The molecule has 0 spiro atoms. The molecule has 4 nitrogen and oxygen atoms in total. The van der Waals surface area contributed by atoms with E-state index < -0.39 is 0 Å². The van der Waals surface area contributed by atoms with Gasteiger partial charge >= 0.3 is 0 Å². The Bertz CT molecular complexity index is 129. The van der Waals surface area contributed by atoms with E-state index in [2.05, 4.69) is 5.43 Å². The third-order valence-electron chi connectivity index (χ3n) is 2.05. The summed E-state index contributed by atoms with van der Waals surface area (Å²) in [6, 6.07) is 0.0207. The van der Waals surface area contributed by atoms with E-state index >= 15 is 0 Å². The van der Waals surface area contributed by atoms with Crippen molar-refractivity contribution in [2.45, 2.75) is 39.3 Å². The van der Waals surface area contributed by atoms with E-state index in [4.69, 9.17) is 15.3 Å². The van der Waals surface area contributed by atoms with Gasteiger partial charge < -0.3 is 9.47 Å². The molecule has 1 atom stereocenters. The van der Waals surface area contributed by atoms with Crippen molar-refractivity contribution in [2.24, 2.45) is 5.84 Å². The molecule has 0 aromatic rings. The summed E-state index contributed by atoms with van der Waals surface area (Å²) in [5.41, 5.74) is 2.42. The van der Waals surface area contributed by atoms with Crippen LogP contribution in [0.1, 0.15) is 27.7 Å². The lowest BCUT2D eigenvalue weighted by Crippen LogP contribution is -2.54. The Labute approximate surface area is 80.7 Å². The molecule has 13 heavy (non-hydrogen) atoms. The topological polar surface area (TPSA) is 56.5 Å². The fourth-order valence-electron chi connectivity index (χ4n) is 1.16. The maximum absolute atomic E-state index is 5.56. The van der Waals surface area contributed by atoms with Gasteiger partial charge in [0.1, 0.15) is 0 Å². The second kappa shape index (κ2) is 6.32. The van der Waals surface area contributed by atoms with Crippen molar-refractivity contribution in [1.29, 1.82) is 0 Å². The van der Waals surface area contributed by atoms with Crippen molar-refractivity contribution in [3.05, 3.63) is 0 Å². The highest BCUT2D eigenvalue weighted by Gasteiger charge is 2.29. The predicted octanol–water partition coefficient (Wildman–Crippen LogP) is 0.670. The fourth-order valence-corrected chi connectivity index (χ4v) is 1.16. The van der Waals surface area contributed by atoms with Crippen molar-refractivity contribution >= 4 is 0 Å². The quantitative estimate of drug-likeness (QED) is 0.457. The number of hydrogen-bond acceptors (Lipinski definition) is 4. The zero-order valence-electron chi connectivity index (χ0n) is 9.09. The Morgan fingerprint density at radius 1 is 1.31 bits per heavy atom. The van der Waals surface area contributed by atoms with Gasteiger partial charge in [-0.25, -0.2) is 0 Å². The van der Waals surface area contributed by atoms with Gasteiger partial charge in [-0.1, -0.05) is 0 Å². The first-order chi connectivity index (χ1) is 6.08. The van der Waals surface area contributed by atoms with Crippen LogP contribution in [0.15, 0.2) is 0 Å². The Balaban J connectivity index is 4.02. The second-order valence-electron chi connectivity index (χ2n) is 3.42. The number of nitrogens with one attached hydrogen (secondary N) is 1. The van der Waals surface area contributed by atoms with E-state index in [9.17, 15) is 0 Å². The standard InChI is InChI=1S/C9H22N2O2/c1-5-12-7-8(11-10)9(3,4)13-6-2/h8,11H,5-7,10H2,1-4H3. The SMILES string of the molecule is CCOCC(NN)C(C)(C)OCC. The minimum atomic E-state index is -0.293. The van der Waals surface area contributed by atoms with Crippen LogP contribution in [-0.4, -0.2) is 31.5 Å². The van der Waals surface area contributed by atoms with E-state index in [1.165, 1.54) is 0 Å². The smallest absolute Gasteiger partial charge is 0.0814 e. The Morgan fingerprint density at radius 2 is 1.92 bits per heavy atom. The third-order valence-corrected chi connectivity index (χ3v) is 2.05. The summed E-state index contributed by atoms with van der Waals surface area (Å²) in [6.07, 6.45) is 0. The van der Waals surface area contributed by atoms with E-state index in [-0.39, 0.29) is 11.6 Å². The minimum absolute atomic E-state index is 0.0207. The van der Waals surface area contributed by atoms with Crippen LogP contribution in [0.4, 0.5) is 0 Å². The van der Waals surface area contributed by atoms with Crippen molar-refractivity contribution in [1.82, 2.24) is 5.43 Å². The van der Waals surface area contributed by atoms with Crippen molar-refractivity contribution in [3.63, 3.8) is 0 Å². The summed E-state index contributed by atoms with van der Waals surface area (Å²) in [7, 11) is 0. The molecule has 80 valence electrons. The van der Waals surface area contributed by atoms with Crippen molar-refractivity contribution < 1.29 is 9.47 Å². The lowest BCUT2D eigenvalue weighted by molar-refractivity contribution is -0.0591. The number of hydrazine groups is 1. The zero-order chi connectivity index (χ0) is 10.3. The first-order valence-corrected chi connectivity index (χ1v) is 4.76. The second-order valence-corrected chi connectivity index (χ2v) is 3.42. The van der Waals surface area contributed by atoms with Gasteiger partial charge in [0, 0.05) is 13.2 Å². The highest BCUT2D eigenvalue weighted by atomic mass is 16.5. The van der Waals surface area contributed by atoms with E-state index in [1.807, 2.05) is 27.7 Å². The Hall–Kier alpha value is -0.160. The summed E-state index contributed by atoms with van der Waals surface area (Å²) >= 11 is 0. The molecule has 0 bridgehead atoms. The lowest BCUT2D eigenvalue weighted by atomic mass is 10.00. The van der Waals surface area contributed by atoms with Crippen molar-refractivity contribution in [2.75, 3.05) is 19.8 Å². The van der Waals surface area contributed by atoms with E-state index in [0.717, 1.165) is 0 Å². The van der Waals surface area contributed by atoms with Crippen LogP contribution in [0.25, 0.3) is 0 Å². The number of ether oxygens (including phenoxy) is 2. The van der Waals surface area contributed by atoms with Crippen LogP contribution in [0.2, 0.25) is 0 Å². The Morgan fingerprint density at radius 3 is 2.31 bits per heavy atom. The first-order valence-electron chi connectivity index (χ1n) is 4.76. The molecular formula is C9H22N2O2. The summed E-state index contributed by atoms with van der Waals surface area (Å²) in [5.74, 6) is 5.42. The monoisotopic (exact) mass is 190 g/mol. The van der Waals surface area contributed by atoms with Gasteiger partial charge in [-0.2, -0.15) is 0 Å². The minimum Gasteiger partial charge on any atom is -0.380 e. The molecule has 0 rings (SSSR count). The molecule has 1 unspecified atom stereocenters. The van der Waals surface area contributed by atoms with Crippen LogP contribution in [0, 0.1) is 0 Å². The molecule has 0 saturated heterocycles. The molecule has 0 amide bonds. The highest BCUT2D eigenvalue weighted by Crippen LogP contribution is 2.14. The third kappa shape index (κ3) is 4.57. The maximum atomic E-state index is 5.56.